The number of carbonyl (C=O) groups is 2. The SMILES string of the molecule is CC(OC(=O)COc1ccc(Br)cc1F)C(=O)Nc1ccc(S(N)(=O)=O)cc1. The quantitative estimate of drug-likeness (QED) is 0.592. The molecule has 2 rings (SSSR count). The Morgan fingerprint density at radius 2 is 1.86 bits per heavy atom. The number of hydrogen-bond acceptors (Lipinski definition) is 6. The molecule has 150 valence electrons. The van der Waals surface area contributed by atoms with Crippen molar-refractivity contribution in [2.24, 2.45) is 5.14 Å². The van der Waals surface area contributed by atoms with Gasteiger partial charge in [0.2, 0.25) is 10.0 Å². The number of nitrogens with two attached hydrogens (primary N) is 1. The third-order valence-corrected chi connectivity index (χ3v) is 4.79. The summed E-state index contributed by atoms with van der Waals surface area (Å²) in [7, 11) is -3.84. The molecule has 11 heteroatoms. The van der Waals surface area contributed by atoms with Gasteiger partial charge in [-0.15, -0.1) is 0 Å². The maximum atomic E-state index is 13.6. The van der Waals surface area contributed by atoms with E-state index < -0.39 is 40.4 Å². The van der Waals surface area contributed by atoms with Crippen LogP contribution in [0.2, 0.25) is 0 Å². The summed E-state index contributed by atoms with van der Waals surface area (Å²) in [5.74, 6) is -2.30. The number of hydrogen-bond donors (Lipinski definition) is 2. The number of sulfonamides is 1. The van der Waals surface area contributed by atoms with Gasteiger partial charge in [-0.2, -0.15) is 0 Å². The molecule has 0 saturated carbocycles. The Morgan fingerprint density at radius 3 is 2.43 bits per heavy atom. The molecule has 2 aromatic rings. The highest BCUT2D eigenvalue weighted by Gasteiger charge is 2.19. The first-order valence-electron chi connectivity index (χ1n) is 7.77. The Bertz CT molecular complexity index is 982. The van der Waals surface area contributed by atoms with Crippen molar-refractivity contribution < 1.29 is 31.9 Å². The molecule has 1 atom stereocenters. The Morgan fingerprint density at radius 1 is 1.21 bits per heavy atom. The maximum Gasteiger partial charge on any atom is 0.344 e. The summed E-state index contributed by atoms with van der Waals surface area (Å²) in [6.07, 6.45) is -1.16. The zero-order valence-electron chi connectivity index (χ0n) is 14.5. The van der Waals surface area contributed by atoms with Crippen molar-refractivity contribution in [1.82, 2.24) is 0 Å². The van der Waals surface area contributed by atoms with Gasteiger partial charge < -0.3 is 14.8 Å². The first-order chi connectivity index (χ1) is 13.1. The van der Waals surface area contributed by atoms with E-state index in [2.05, 4.69) is 21.2 Å². The number of ether oxygens (including phenoxy) is 2. The number of amides is 1. The van der Waals surface area contributed by atoms with E-state index in [1.54, 1.807) is 6.07 Å². The zero-order chi connectivity index (χ0) is 20.9. The van der Waals surface area contributed by atoms with Crippen LogP contribution in [0.3, 0.4) is 0 Å². The second kappa shape index (κ2) is 9.13. The van der Waals surface area contributed by atoms with Crippen LogP contribution in [0.25, 0.3) is 0 Å². The van der Waals surface area contributed by atoms with Crippen molar-refractivity contribution in [3.63, 3.8) is 0 Å². The summed E-state index contributed by atoms with van der Waals surface area (Å²) in [5.41, 5.74) is 0.286. The first-order valence-corrected chi connectivity index (χ1v) is 10.1. The van der Waals surface area contributed by atoms with Crippen molar-refractivity contribution in [2.45, 2.75) is 17.9 Å². The number of primary sulfonamides is 1. The molecule has 0 spiro atoms. The molecule has 8 nitrogen and oxygen atoms in total. The number of benzene rings is 2. The minimum atomic E-state index is -3.84. The number of nitrogens with one attached hydrogen (secondary N) is 1. The van der Waals surface area contributed by atoms with Gasteiger partial charge in [-0.25, -0.2) is 22.7 Å². The zero-order valence-corrected chi connectivity index (χ0v) is 16.9. The molecule has 0 heterocycles. The van der Waals surface area contributed by atoms with E-state index in [0.29, 0.717) is 4.47 Å². The summed E-state index contributed by atoms with van der Waals surface area (Å²) >= 11 is 3.10. The third-order valence-electron chi connectivity index (χ3n) is 3.37. The van der Waals surface area contributed by atoms with Crippen molar-refractivity contribution in [3.8, 4) is 5.75 Å². The second-order valence-electron chi connectivity index (χ2n) is 5.55. The molecule has 2 aromatic carbocycles. The predicted molar refractivity (Wildman–Crippen MR) is 102 cm³/mol. The third kappa shape index (κ3) is 6.29. The molecular formula is C17H16BrFN2O6S. The van der Waals surface area contributed by atoms with Gasteiger partial charge in [0, 0.05) is 10.2 Å². The van der Waals surface area contributed by atoms with Gasteiger partial charge in [0.15, 0.2) is 24.3 Å². The van der Waals surface area contributed by atoms with Crippen molar-refractivity contribution >= 4 is 43.5 Å². The maximum absolute atomic E-state index is 13.6. The van der Waals surface area contributed by atoms with E-state index in [4.69, 9.17) is 14.6 Å². The smallest absolute Gasteiger partial charge is 0.344 e. The average Bonchev–Trinajstić information content (AvgIpc) is 2.60. The summed E-state index contributed by atoms with van der Waals surface area (Å²) in [6, 6.07) is 9.19. The molecule has 0 aliphatic carbocycles. The van der Waals surface area contributed by atoms with Crippen LogP contribution in [0.15, 0.2) is 51.8 Å². The minimum Gasteiger partial charge on any atom is -0.479 e. The molecule has 0 aromatic heterocycles. The van der Waals surface area contributed by atoms with Crippen LogP contribution < -0.4 is 15.2 Å². The Kier molecular flexibility index (Phi) is 7.11. The number of anilines is 1. The molecule has 1 unspecified atom stereocenters. The number of carbonyl (C=O) groups excluding carboxylic acids is 2. The molecule has 1 amide bonds. The molecular weight excluding hydrogens is 459 g/mol. The van der Waals surface area contributed by atoms with Gasteiger partial charge in [0.05, 0.1) is 4.90 Å². The lowest BCUT2D eigenvalue weighted by Gasteiger charge is -2.14. The Balaban J connectivity index is 1.86. The Labute approximate surface area is 169 Å². The van der Waals surface area contributed by atoms with Crippen LogP contribution in [0.5, 0.6) is 5.75 Å². The topological polar surface area (TPSA) is 125 Å². The molecule has 0 radical (unpaired) electrons. The van der Waals surface area contributed by atoms with Crippen LogP contribution in [0.4, 0.5) is 10.1 Å². The summed E-state index contributed by atoms with van der Waals surface area (Å²) < 4.78 is 46.5. The summed E-state index contributed by atoms with van der Waals surface area (Å²) in [5, 5.41) is 7.45. The predicted octanol–water partition coefficient (Wildman–Crippen LogP) is 2.18. The van der Waals surface area contributed by atoms with Crippen LogP contribution >= 0.6 is 15.9 Å². The molecule has 0 aliphatic rings. The van der Waals surface area contributed by atoms with Crippen LogP contribution in [0.1, 0.15) is 6.92 Å². The van der Waals surface area contributed by atoms with E-state index in [0.717, 1.165) is 0 Å². The number of esters is 1. The fraction of sp³-hybridized carbons (Fsp3) is 0.176. The highest BCUT2D eigenvalue weighted by molar-refractivity contribution is 9.10. The largest absolute Gasteiger partial charge is 0.479 e. The van der Waals surface area contributed by atoms with E-state index in [1.165, 1.54) is 43.3 Å². The molecule has 0 aliphatic heterocycles. The fourth-order valence-electron chi connectivity index (χ4n) is 1.99. The lowest BCUT2D eigenvalue weighted by molar-refractivity contribution is -0.155. The summed E-state index contributed by atoms with van der Waals surface area (Å²) in [4.78, 5) is 23.7. The minimum absolute atomic E-state index is 0.109. The van der Waals surface area contributed by atoms with Crippen LogP contribution in [0, 0.1) is 5.82 Å². The monoisotopic (exact) mass is 474 g/mol. The van der Waals surface area contributed by atoms with Crippen LogP contribution in [-0.2, 0) is 24.3 Å². The molecule has 28 heavy (non-hydrogen) atoms. The summed E-state index contributed by atoms with van der Waals surface area (Å²) in [6.45, 7) is 0.755. The average molecular weight is 475 g/mol. The highest BCUT2D eigenvalue weighted by Crippen LogP contribution is 2.21. The normalized spacial score (nSPS) is 12.1. The Hall–Kier alpha value is -2.50. The molecule has 0 bridgehead atoms. The lowest BCUT2D eigenvalue weighted by Crippen LogP contribution is -2.31. The second-order valence-corrected chi connectivity index (χ2v) is 8.03. The standard InChI is InChI=1S/C17H16BrFN2O6S/c1-10(17(23)21-12-3-5-13(6-4-12)28(20,24)25)27-16(22)9-26-15-7-2-11(18)8-14(15)19/h2-8,10H,9H2,1H3,(H,21,23)(H2,20,24,25). The van der Waals surface area contributed by atoms with Gasteiger partial charge in [-0.1, -0.05) is 15.9 Å². The molecule has 3 N–H and O–H groups in total. The van der Waals surface area contributed by atoms with E-state index >= 15 is 0 Å². The van der Waals surface area contributed by atoms with E-state index in [1.807, 2.05) is 0 Å². The van der Waals surface area contributed by atoms with Crippen molar-refractivity contribution in [3.05, 3.63) is 52.8 Å². The number of halogens is 2. The van der Waals surface area contributed by atoms with Gasteiger partial charge >= 0.3 is 5.97 Å². The number of rotatable bonds is 7. The van der Waals surface area contributed by atoms with Gasteiger partial charge in [0.1, 0.15) is 0 Å². The van der Waals surface area contributed by atoms with Crippen molar-refractivity contribution in [1.29, 1.82) is 0 Å². The van der Waals surface area contributed by atoms with Crippen molar-refractivity contribution in [2.75, 3.05) is 11.9 Å². The molecule has 0 saturated heterocycles. The van der Waals surface area contributed by atoms with E-state index in [9.17, 15) is 22.4 Å². The van der Waals surface area contributed by atoms with Gasteiger partial charge in [-0.3, -0.25) is 4.79 Å². The highest BCUT2D eigenvalue weighted by atomic mass is 79.9. The first kappa shape index (κ1) is 21.8. The lowest BCUT2D eigenvalue weighted by atomic mass is 10.3. The fourth-order valence-corrected chi connectivity index (χ4v) is 2.83. The van der Waals surface area contributed by atoms with E-state index in [-0.39, 0.29) is 16.3 Å². The van der Waals surface area contributed by atoms with Crippen LogP contribution in [-0.4, -0.2) is 33.0 Å². The van der Waals surface area contributed by atoms with Gasteiger partial charge in [-0.05, 0) is 49.4 Å². The van der Waals surface area contributed by atoms with Gasteiger partial charge in [0.25, 0.3) is 5.91 Å². The molecule has 0 fully saturated rings.